The lowest BCUT2D eigenvalue weighted by molar-refractivity contribution is -0.172. The van der Waals surface area contributed by atoms with E-state index < -0.39 is 36.4 Å². The third-order valence-electron chi connectivity index (χ3n) is 5.35. The van der Waals surface area contributed by atoms with Crippen LogP contribution in [0.1, 0.15) is 65.5 Å². The number of carboxylic acids is 2. The summed E-state index contributed by atoms with van der Waals surface area (Å²) in [5.41, 5.74) is 13.4. The van der Waals surface area contributed by atoms with Gasteiger partial charge in [-0.25, -0.2) is 9.59 Å². The largest absolute Gasteiger partial charge is 0.489 e. The van der Waals surface area contributed by atoms with Gasteiger partial charge in [-0.15, -0.1) is 0 Å². The minimum absolute atomic E-state index is 0.171. The van der Waals surface area contributed by atoms with E-state index in [0.29, 0.717) is 0 Å². The second kappa shape index (κ2) is 22.6. The Morgan fingerprint density at radius 2 is 1.00 bits per heavy atom. The number of aliphatic carboxylic acids is 2. The first-order valence-electron chi connectivity index (χ1n) is 14.7. The van der Waals surface area contributed by atoms with E-state index in [9.17, 15) is 9.59 Å². The number of pyridine rings is 2. The van der Waals surface area contributed by atoms with E-state index in [4.69, 9.17) is 51.6 Å². The molecule has 0 aliphatic carbocycles. The van der Waals surface area contributed by atoms with Crippen LogP contribution in [-0.2, 0) is 9.59 Å². The topological polar surface area (TPSA) is 252 Å². The molecule has 0 aromatic carbocycles. The van der Waals surface area contributed by atoms with Gasteiger partial charge in [-0.05, 0) is 77.6 Å². The van der Waals surface area contributed by atoms with Crippen LogP contribution >= 0.6 is 0 Å². The average Bonchev–Trinajstić information content (AvgIpc) is 2.95. The third kappa shape index (κ3) is 19.5. The number of nitrogens with two attached hydrogens (primary N) is 2. The molecule has 10 N–H and O–H groups in total. The first-order chi connectivity index (χ1) is 21.4. The van der Waals surface area contributed by atoms with E-state index in [1.54, 1.807) is 12.4 Å². The Hall–Kier alpha value is -3.92. The summed E-state index contributed by atoms with van der Waals surface area (Å²) in [6, 6.07) is 4.34. The third-order valence-corrected chi connectivity index (χ3v) is 5.35. The van der Waals surface area contributed by atoms with Gasteiger partial charge in [0.05, 0.1) is 24.6 Å². The van der Waals surface area contributed by atoms with Crippen LogP contribution in [0.5, 0.6) is 11.5 Å². The molecule has 0 bridgehead atoms. The van der Waals surface area contributed by atoms with Gasteiger partial charge < -0.3 is 51.6 Å². The molecule has 0 saturated carbocycles. The lowest BCUT2D eigenvalue weighted by Crippen LogP contribution is -2.49. The maximum atomic E-state index is 10.1. The molecule has 0 spiro atoms. The van der Waals surface area contributed by atoms with Crippen molar-refractivity contribution in [3.05, 3.63) is 60.2 Å². The summed E-state index contributed by atoms with van der Waals surface area (Å²) in [5, 5.41) is 51.5. The predicted molar refractivity (Wildman–Crippen MR) is 174 cm³/mol. The number of carboxylic acid groups (broad SMARTS) is 2. The van der Waals surface area contributed by atoms with Crippen molar-refractivity contribution in [1.82, 2.24) is 9.97 Å². The quantitative estimate of drug-likeness (QED) is 0.137. The van der Waals surface area contributed by atoms with Gasteiger partial charge in [0, 0.05) is 24.5 Å². The van der Waals surface area contributed by atoms with Crippen molar-refractivity contribution in [1.29, 1.82) is 0 Å². The Morgan fingerprint density at radius 3 is 1.26 bits per heavy atom. The molecule has 6 atom stereocenters. The smallest absolute Gasteiger partial charge is 0.335 e. The molecule has 0 fully saturated rings. The fraction of sp³-hybridized carbons (Fsp3) is 0.500. The maximum Gasteiger partial charge on any atom is 0.335 e. The maximum absolute atomic E-state index is 10.1. The number of hydrogen-bond acceptors (Lipinski definition) is 12. The molecule has 0 aliphatic heterocycles. The Kier molecular flexibility index (Phi) is 20.6. The van der Waals surface area contributed by atoms with Crippen LogP contribution in [0.15, 0.2) is 49.1 Å². The van der Waals surface area contributed by atoms with Crippen molar-refractivity contribution in [3.63, 3.8) is 0 Å². The fourth-order valence-electron chi connectivity index (χ4n) is 3.23. The monoisotopic (exact) mass is 650 g/mol. The van der Waals surface area contributed by atoms with Gasteiger partial charge in [-0.2, -0.15) is 0 Å². The fourth-order valence-corrected chi connectivity index (χ4v) is 3.23. The standard InChI is InChI=1S/2C13H20N2O.C6H10O8/c2*1-10(2)16-13-7-12(8-15-9-13)6-4-5-11(3)14;7-1(3(9)5(11)12)2(8)4(10)6(13)14/h2*4,6-11H,5,14H2,1-3H3;1-4,7-10H,(H,11,12)(H,13,14)/b2*6-4+;/t;;1-,2+,3+,4-. The highest BCUT2D eigenvalue weighted by Gasteiger charge is 2.37. The van der Waals surface area contributed by atoms with Crippen LogP contribution in [0.3, 0.4) is 0 Å². The van der Waals surface area contributed by atoms with Crippen molar-refractivity contribution in [2.75, 3.05) is 0 Å². The van der Waals surface area contributed by atoms with Gasteiger partial charge in [-0.1, -0.05) is 24.3 Å². The molecule has 2 heterocycles. The van der Waals surface area contributed by atoms with Crippen molar-refractivity contribution >= 4 is 24.1 Å². The Balaban J connectivity index is 0.000000663. The summed E-state index contributed by atoms with van der Waals surface area (Å²) in [4.78, 5) is 28.4. The lowest BCUT2D eigenvalue weighted by Gasteiger charge is -2.21. The average molecular weight is 651 g/mol. The van der Waals surface area contributed by atoms with Gasteiger partial charge in [0.15, 0.2) is 12.2 Å². The van der Waals surface area contributed by atoms with Crippen LogP contribution < -0.4 is 20.9 Å². The van der Waals surface area contributed by atoms with E-state index >= 15 is 0 Å². The van der Waals surface area contributed by atoms with Crippen LogP contribution in [-0.4, -0.2) is 101 Å². The molecule has 46 heavy (non-hydrogen) atoms. The molecular weight excluding hydrogens is 600 g/mol. The molecule has 2 aromatic rings. The van der Waals surface area contributed by atoms with Crippen LogP contribution in [0.4, 0.5) is 0 Å². The zero-order valence-electron chi connectivity index (χ0n) is 27.2. The summed E-state index contributed by atoms with van der Waals surface area (Å²) in [7, 11) is 0. The number of ether oxygens (including phenoxy) is 2. The normalized spacial score (nSPS) is 15.2. The molecule has 14 nitrogen and oxygen atoms in total. The van der Waals surface area contributed by atoms with E-state index in [-0.39, 0.29) is 24.3 Å². The zero-order valence-corrected chi connectivity index (χ0v) is 27.2. The number of aromatic nitrogens is 2. The van der Waals surface area contributed by atoms with E-state index in [0.717, 1.165) is 35.5 Å². The summed E-state index contributed by atoms with van der Waals surface area (Å²) < 4.78 is 11.1. The summed E-state index contributed by atoms with van der Waals surface area (Å²) in [5.74, 6) is -2.07. The highest BCUT2D eigenvalue weighted by Crippen LogP contribution is 2.15. The van der Waals surface area contributed by atoms with Gasteiger partial charge in [0.1, 0.15) is 23.7 Å². The van der Waals surface area contributed by atoms with E-state index in [1.807, 2.05) is 78.2 Å². The van der Waals surface area contributed by atoms with Crippen molar-refractivity contribution in [3.8, 4) is 11.5 Å². The second-order valence-corrected chi connectivity index (χ2v) is 11.0. The number of aliphatic hydroxyl groups excluding tert-OH is 4. The summed E-state index contributed by atoms with van der Waals surface area (Å²) >= 11 is 0. The van der Waals surface area contributed by atoms with Crippen molar-refractivity contribution < 1.29 is 49.7 Å². The van der Waals surface area contributed by atoms with Gasteiger partial charge in [0.25, 0.3) is 0 Å². The molecule has 0 amide bonds. The van der Waals surface area contributed by atoms with Crippen LogP contribution in [0, 0.1) is 0 Å². The molecule has 0 aliphatic rings. The molecule has 2 rings (SSSR count). The summed E-state index contributed by atoms with van der Waals surface area (Å²) in [6.07, 6.45) is 8.02. The molecule has 2 unspecified atom stereocenters. The van der Waals surface area contributed by atoms with Crippen molar-refractivity contribution in [2.45, 2.75) is 103 Å². The first-order valence-corrected chi connectivity index (χ1v) is 14.7. The van der Waals surface area contributed by atoms with Crippen LogP contribution in [0.2, 0.25) is 0 Å². The minimum Gasteiger partial charge on any atom is -0.489 e. The number of rotatable bonds is 15. The second-order valence-electron chi connectivity index (χ2n) is 11.0. The van der Waals surface area contributed by atoms with Gasteiger partial charge in [0.2, 0.25) is 0 Å². The zero-order chi connectivity index (χ0) is 35.4. The molecule has 0 saturated heterocycles. The lowest BCUT2D eigenvalue weighted by atomic mass is 10.0. The Morgan fingerprint density at radius 1 is 0.674 bits per heavy atom. The number of nitrogens with zero attached hydrogens (tertiary/aromatic N) is 2. The molecular formula is C32H50N4O10. The van der Waals surface area contributed by atoms with Crippen molar-refractivity contribution in [2.24, 2.45) is 11.5 Å². The first kappa shape index (κ1) is 42.1. The van der Waals surface area contributed by atoms with Crippen LogP contribution in [0.25, 0.3) is 12.2 Å². The predicted octanol–water partition coefficient (Wildman–Crippen LogP) is 1.84. The Labute approximate surface area is 270 Å². The number of hydrogen-bond donors (Lipinski definition) is 8. The molecule has 0 radical (unpaired) electrons. The highest BCUT2D eigenvalue weighted by molar-refractivity contribution is 5.75. The van der Waals surface area contributed by atoms with E-state index in [1.165, 1.54) is 0 Å². The molecule has 2 aromatic heterocycles. The number of carbonyl (C=O) groups is 2. The van der Waals surface area contributed by atoms with E-state index in [2.05, 4.69) is 22.1 Å². The number of aliphatic hydroxyl groups is 4. The SMILES string of the molecule is CC(N)C/C=C/c1cncc(OC(C)C)c1.CC(N)C/C=C/c1cncc(OC(C)C)c1.O=C(O)[C@@H](O)[C@H](O)[C@H](O)[C@@H](O)C(=O)O. The Bertz CT molecular complexity index is 1130. The minimum atomic E-state index is -2.36. The highest BCUT2D eigenvalue weighted by atomic mass is 16.5. The van der Waals surface area contributed by atoms with Gasteiger partial charge in [-0.3, -0.25) is 9.97 Å². The summed E-state index contributed by atoms with van der Waals surface area (Å²) in [6.45, 7) is 12.0. The molecule has 258 valence electrons. The molecule has 14 heteroatoms. The van der Waals surface area contributed by atoms with Gasteiger partial charge >= 0.3 is 11.9 Å².